The van der Waals surface area contributed by atoms with Gasteiger partial charge in [0.2, 0.25) is 0 Å². The van der Waals surface area contributed by atoms with Crippen molar-refractivity contribution in [2.75, 3.05) is 36.5 Å². The third-order valence-corrected chi connectivity index (χ3v) is 3.10. The summed E-state index contributed by atoms with van der Waals surface area (Å²) in [6.45, 7) is 5.32. The van der Waals surface area contributed by atoms with Gasteiger partial charge in [-0.15, -0.1) is 0 Å². The first-order chi connectivity index (χ1) is 7.45. The van der Waals surface area contributed by atoms with Crippen molar-refractivity contribution >= 4 is 11.4 Å². The monoisotopic (exact) mass is 204 g/mol. The highest BCUT2D eigenvalue weighted by Crippen LogP contribution is 2.30. The number of hydrazine groups is 1. The summed E-state index contributed by atoms with van der Waals surface area (Å²) in [4.78, 5) is 2.46. The second-order valence-electron chi connectivity index (χ2n) is 4.02. The lowest BCUT2D eigenvalue weighted by Crippen LogP contribution is -2.43. The van der Waals surface area contributed by atoms with E-state index in [2.05, 4.69) is 39.3 Å². The Labute approximate surface area is 89.6 Å². The van der Waals surface area contributed by atoms with Gasteiger partial charge in [0.1, 0.15) is 0 Å². The van der Waals surface area contributed by atoms with Crippen LogP contribution in [-0.4, -0.2) is 26.2 Å². The van der Waals surface area contributed by atoms with Crippen LogP contribution in [0, 0.1) is 0 Å². The minimum Gasteiger partial charge on any atom is -0.369 e. The third kappa shape index (κ3) is 1.56. The smallest absolute Gasteiger partial charge is 0.0554 e. The number of benzene rings is 1. The van der Waals surface area contributed by atoms with Gasteiger partial charge in [-0.1, -0.05) is 6.07 Å². The van der Waals surface area contributed by atoms with Crippen LogP contribution in [0.25, 0.3) is 0 Å². The van der Waals surface area contributed by atoms with Crippen LogP contribution in [0.5, 0.6) is 0 Å². The number of piperazine rings is 1. The predicted molar refractivity (Wildman–Crippen MR) is 62.0 cm³/mol. The maximum Gasteiger partial charge on any atom is 0.0554 e. The molecule has 3 rings (SSSR count). The van der Waals surface area contributed by atoms with Crippen LogP contribution in [0.2, 0.25) is 0 Å². The molecule has 1 aromatic rings. The van der Waals surface area contributed by atoms with E-state index in [4.69, 9.17) is 0 Å². The number of nitrogens with one attached hydrogen (secondary N) is 3. The van der Waals surface area contributed by atoms with Gasteiger partial charge in [-0.3, -0.25) is 0 Å². The summed E-state index contributed by atoms with van der Waals surface area (Å²) in [6, 6.07) is 6.47. The van der Waals surface area contributed by atoms with E-state index in [-0.39, 0.29) is 0 Å². The Morgan fingerprint density at radius 3 is 2.87 bits per heavy atom. The Kier molecular flexibility index (Phi) is 2.23. The molecule has 0 amide bonds. The molecule has 0 atom stereocenters. The maximum atomic E-state index is 3.38. The van der Waals surface area contributed by atoms with Crippen molar-refractivity contribution in [3.05, 3.63) is 23.8 Å². The molecular weight excluding hydrogens is 188 g/mol. The lowest BCUT2D eigenvalue weighted by atomic mass is 10.1. The van der Waals surface area contributed by atoms with Crippen LogP contribution in [0.1, 0.15) is 5.56 Å². The number of nitrogens with zero attached hydrogens (tertiary/aromatic N) is 1. The van der Waals surface area contributed by atoms with Crippen molar-refractivity contribution in [2.45, 2.75) is 6.54 Å². The fourth-order valence-corrected chi connectivity index (χ4v) is 2.31. The van der Waals surface area contributed by atoms with Gasteiger partial charge in [0.15, 0.2) is 0 Å². The molecule has 1 saturated heterocycles. The molecule has 3 N–H and O–H groups in total. The fourth-order valence-electron chi connectivity index (χ4n) is 2.31. The molecule has 2 aliphatic heterocycles. The highest BCUT2D eigenvalue weighted by atomic mass is 15.4. The van der Waals surface area contributed by atoms with Crippen LogP contribution < -0.4 is 21.1 Å². The second kappa shape index (κ2) is 3.72. The molecule has 80 valence electrons. The highest BCUT2D eigenvalue weighted by molar-refractivity contribution is 5.68. The Morgan fingerprint density at radius 1 is 1.13 bits per heavy atom. The zero-order chi connectivity index (χ0) is 10.1. The fraction of sp³-hybridized carbons (Fsp3) is 0.455. The van der Waals surface area contributed by atoms with Crippen LogP contribution >= 0.6 is 0 Å². The van der Waals surface area contributed by atoms with Crippen LogP contribution in [-0.2, 0) is 6.54 Å². The van der Waals surface area contributed by atoms with Crippen molar-refractivity contribution in [1.82, 2.24) is 10.7 Å². The van der Waals surface area contributed by atoms with Crippen molar-refractivity contribution in [3.8, 4) is 0 Å². The number of anilines is 2. The van der Waals surface area contributed by atoms with E-state index in [0.29, 0.717) is 0 Å². The highest BCUT2D eigenvalue weighted by Gasteiger charge is 2.18. The number of hydrogen-bond donors (Lipinski definition) is 3. The van der Waals surface area contributed by atoms with Crippen molar-refractivity contribution in [3.63, 3.8) is 0 Å². The molecular formula is C11H16N4. The molecule has 4 nitrogen and oxygen atoms in total. The molecule has 15 heavy (non-hydrogen) atoms. The van der Waals surface area contributed by atoms with Gasteiger partial charge in [-0.2, -0.15) is 0 Å². The summed E-state index contributed by atoms with van der Waals surface area (Å²) < 4.78 is 0. The van der Waals surface area contributed by atoms with Crippen molar-refractivity contribution in [1.29, 1.82) is 0 Å². The van der Waals surface area contributed by atoms with E-state index >= 15 is 0 Å². The summed E-state index contributed by atoms with van der Waals surface area (Å²) >= 11 is 0. The third-order valence-electron chi connectivity index (χ3n) is 3.10. The van der Waals surface area contributed by atoms with E-state index < -0.39 is 0 Å². The zero-order valence-corrected chi connectivity index (χ0v) is 8.71. The van der Waals surface area contributed by atoms with Crippen LogP contribution in [0.3, 0.4) is 0 Å². The van der Waals surface area contributed by atoms with Gasteiger partial charge in [-0.05, 0) is 12.1 Å². The van der Waals surface area contributed by atoms with Gasteiger partial charge in [0, 0.05) is 44.0 Å². The molecule has 1 fully saturated rings. The van der Waals surface area contributed by atoms with Crippen LogP contribution in [0.15, 0.2) is 18.2 Å². The Bertz CT molecular complexity index is 358. The Hall–Kier alpha value is -1.26. The van der Waals surface area contributed by atoms with Crippen molar-refractivity contribution in [2.24, 2.45) is 0 Å². The molecule has 0 saturated carbocycles. The lowest BCUT2D eigenvalue weighted by Gasteiger charge is -2.30. The number of rotatable bonds is 1. The molecule has 0 spiro atoms. The Morgan fingerprint density at radius 2 is 2.00 bits per heavy atom. The van der Waals surface area contributed by atoms with Gasteiger partial charge in [0.05, 0.1) is 5.69 Å². The standard InChI is InChI=1S/C11H16N4/c1-2-10-9(8-13-14-10)11(3-1)15-6-4-12-5-7-15/h1-3,12-14H,4-8H2. The quantitative estimate of drug-likeness (QED) is 0.624. The van der Waals surface area contributed by atoms with E-state index in [9.17, 15) is 0 Å². The maximum absolute atomic E-state index is 3.38. The first-order valence-corrected chi connectivity index (χ1v) is 5.51. The lowest BCUT2D eigenvalue weighted by molar-refractivity contribution is 0.588. The summed E-state index contributed by atoms with van der Waals surface area (Å²) in [7, 11) is 0. The molecule has 0 unspecified atom stereocenters. The van der Waals surface area contributed by atoms with Crippen LogP contribution in [0.4, 0.5) is 11.4 Å². The first kappa shape index (κ1) is 9.00. The SMILES string of the molecule is c1cc2c(c(N3CCNCC3)c1)CNN2. The average Bonchev–Trinajstić information content (AvgIpc) is 2.78. The minimum atomic E-state index is 0.926. The Balaban J connectivity index is 1.93. The van der Waals surface area contributed by atoms with E-state index in [1.807, 2.05) is 0 Å². The molecule has 2 aliphatic rings. The summed E-state index contributed by atoms with van der Waals surface area (Å²) in [6.07, 6.45) is 0. The minimum absolute atomic E-state index is 0.926. The zero-order valence-electron chi connectivity index (χ0n) is 8.71. The van der Waals surface area contributed by atoms with E-state index in [1.165, 1.54) is 16.9 Å². The largest absolute Gasteiger partial charge is 0.369 e. The van der Waals surface area contributed by atoms with Crippen molar-refractivity contribution < 1.29 is 0 Å². The summed E-state index contributed by atoms with van der Waals surface area (Å²) in [5.41, 5.74) is 10.4. The molecule has 0 aromatic heterocycles. The van der Waals surface area contributed by atoms with E-state index in [1.54, 1.807) is 0 Å². The van der Waals surface area contributed by atoms with Gasteiger partial charge in [0.25, 0.3) is 0 Å². The number of hydrogen-bond acceptors (Lipinski definition) is 4. The van der Waals surface area contributed by atoms with Gasteiger partial charge >= 0.3 is 0 Å². The molecule has 4 heteroatoms. The molecule has 0 bridgehead atoms. The molecule has 1 aromatic carbocycles. The summed E-state index contributed by atoms with van der Waals surface area (Å²) in [5.74, 6) is 0. The van der Waals surface area contributed by atoms with E-state index in [0.717, 1.165) is 32.7 Å². The predicted octanol–water partition coefficient (Wildman–Crippen LogP) is 0.526. The summed E-state index contributed by atoms with van der Waals surface area (Å²) in [5, 5.41) is 3.38. The topological polar surface area (TPSA) is 39.3 Å². The average molecular weight is 204 g/mol. The normalized spacial score (nSPS) is 19.9. The van der Waals surface area contributed by atoms with Gasteiger partial charge in [-0.25, -0.2) is 5.43 Å². The molecule has 0 aliphatic carbocycles. The molecule has 2 heterocycles. The number of fused-ring (bicyclic) bond motifs is 1. The molecule has 0 radical (unpaired) electrons. The first-order valence-electron chi connectivity index (χ1n) is 5.51. The van der Waals surface area contributed by atoms with Gasteiger partial charge < -0.3 is 15.6 Å². The second-order valence-corrected chi connectivity index (χ2v) is 4.02.